The molecule has 1 aromatic rings. The quantitative estimate of drug-likeness (QED) is 0.769. The summed E-state index contributed by atoms with van der Waals surface area (Å²) in [7, 11) is 0. The van der Waals surface area contributed by atoms with Crippen LogP contribution in [0.25, 0.3) is 0 Å². The maximum atomic E-state index is 11.5. The number of hydrogen-bond donors (Lipinski definition) is 2. The summed E-state index contributed by atoms with van der Waals surface area (Å²) in [5.74, 6) is 0.702. The van der Waals surface area contributed by atoms with Crippen molar-refractivity contribution in [3.63, 3.8) is 0 Å². The average Bonchev–Trinajstić information content (AvgIpc) is 2.36. The van der Waals surface area contributed by atoms with E-state index in [9.17, 15) is 4.79 Å². The molecule has 18 heavy (non-hydrogen) atoms. The van der Waals surface area contributed by atoms with Crippen molar-refractivity contribution >= 4 is 5.91 Å². The van der Waals surface area contributed by atoms with Gasteiger partial charge in [0.1, 0.15) is 5.75 Å². The monoisotopic (exact) mass is 250 g/mol. The summed E-state index contributed by atoms with van der Waals surface area (Å²) < 4.78 is 5.61. The molecule has 0 heterocycles. The summed E-state index contributed by atoms with van der Waals surface area (Å²) in [6.45, 7) is 5.30. The van der Waals surface area contributed by atoms with Crippen LogP contribution in [0.3, 0.4) is 0 Å². The van der Waals surface area contributed by atoms with Crippen molar-refractivity contribution in [2.75, 3.05) is 19.7 Å². The van der Waals surface area contributed by atoms with Gasteiger partial charge in [0.15, 0.2) is 6.61 Å². The Labute approximate surface area is 109 Å². The molecule has 0 unspecified atom stereocenters. The molecule has 0 atom stereocenters. The molecule has 4 nitrogen and oxygen atoms in total. The minimum absolute atomic E-state index is 0.0580. The van der Waals surface area contributed by atoms with E-state index in [1.165, 1.54) is 0 Å². The molecule has 0 saturated carbocycles. The van der Waals surface area contributed by atoms with Gasteiger partial charge in [0.05, 0.1) is 0 Å². The van der Waals surface area contributed by atoms with Gasteiger partial charge in [0, 0.05) is 6.54 Å². The Morgan fingerprint density at radius 2 is 2.22 bits per heavy atom. The van der Waals surface area contributed by atoms with E-state index >= 15 is 0 Å². The fourth-order valence-electron chi connectivity index (χ4n) is 1.73. The largest absolute Gasteiger partial charge is 0.483 e. The zero-order valence-corrected chi connectivity index (χ0v) is 11.2. The van der Waals surface area contributed by atoms with Crippen LogP contribution >= 0.6 is 0 Å². The number of amides is 1. The number of rotatable bonds is 7. The Morgan fingerprint density at radius 3 is 2.89 bits per heavy atom. The van der Waals surface area contributed by atoms with E-state index in [1.54, 1.807) is 0 Å². The van der Waals surface area contributed by atoms with Crippen LogP contribution in [0.1, 0.15) is 24.5 Å². The van der Waals surface area contributed by atoms with Crippen LogP contribution in [0, 0.1) is 6.92 Å². The molecule has 4 heteroatoms. The summed E-state index contributed by atoms with van der Waals surface area (Å²) >= 11 is 0. The van der Waals surface area contributed by atoms with E-state index in [2.05, 4.69) is 5.32 Å². The molecule has 0 saturated heterocycles. The predicted molar refractivity (Wildman–Crippen MR) is 72.7 cm³/mol. The number of ether oxygens (including phenoxy) is 1. The molecular weight excluding hydrogens is 228 g/mol. The van der Waals surface area contributed by atoms with E-state index in [0.29, 0.717) is 13.1 Å². The van der Waals surface area contributed by atoms with Crippen LogP contribution in [-0.4, -0.2) is 25.6 Å². The molecule has 0 aliphatic carbocycles. The Balaban J connectivity index is 2.62. The molecule has 1 amide bonds. The van der Waals surface area contributed by atoms with Gasteiger partial charge in [0.25, 0.3) is 5.91 Å². The smallest absolute Gasteiger partial charge is 0.257 e. The zero-order chi connectivity index (χ0) is 13.4. The normalized spacial score (nSPS) is 10.2. The Hall–Kier alpha value is -1.55. The molecule has 0 aliphatic rings. The van der Waals surface area contributed by atoms with Crippen molar-refractivity contribution < 1.29 is 9.53 Å². The third kappa shape index (κ3) is 4.37. The number of hydrogen-bond acceptors (Lipinski definition) is 3. The molecular formula is C14H22N2O2. The first kappa shape index (κ1) is 14.5. The predicted octanol–water partition coefficient (Wildman–Crippen LogP) is 1.40. The van der Waals surface area contributed by atoms with E-state index in [0.717, 1.165) is 29.7 Å². The lowest BCUT2D eigenvalue weighted by Gasteiger charge is -2.13. The number of nitrogens with two attached hydrogens (primary N) is 1. The second-order valence-corrected chi connectivity index (χ2v) is 4.24. The molecule has 3 N–H and O–H groups in total. The first-order chi connectivity index (χ1) is 8.69. The van der Waals surface area contributed by atoms with E-state index in [-0.39, 0.29) is 12.5 Å². The fraction of sp³-hybridized carbons (Fsp3) is 0.500. The minimum Gasteiger partial charge on any atom is -0.483 e. The number of aryl methyl sites for hydroxylation is 1. The summed E-state index contributed by atoms with van der Waals surface area (Å²) in [5, 5.41) is 2.78. The van der Waals surface area contributed by atoms with Gasteiger partial charge in [-0.25, -0.2) is 0 Å². The highest BCUT2D eigenvalue weighted by Crippen LogP contribution is 2.23. The fourth-order valence-corrected chi connectivity index (χ4v) is 1.73. The Bertz CT molecular complexity index is 391. The van der Waals surface area contributed by atoms with Gasteiger partial charge in [0.2, 0.25) is 0 Å². The third-order valence-corrected chi connectivity index (χ3v) is 2.63. The zero-order valence-electron chi connectivity index (χ0n) is 11.2. The SMILES string of the molecule is CCCNC(=O)COc1c(C)cccc1CCN. The second kappa shape index (κ2) is 7.71. The topological polar surface area (TPSA) is 64.3 Å². The maximum Gasteiger partial charge on any atom is 0.257 e. The van der Waals surface area contributed by atoms with Gasteiger partial charge < -0.3 is 15.8 Å². The van der Waals surface area contributed by atoms with Crippen molar-refractivity contribution in [2.24, 2.45) is 5.73 Å². The molecule has 0 fully saturated rings. The molecule has 100 valence electrons. The molecule has 1 rings (SSSR count). The van der Waals surface area contributed by atoms with Crippen LogP contribution in [0.5, 0.6) is 5.75 Å². The standard InChI is InChI=1S/C14H22N2O2/c1-3-9-16-13(17)10-18-14-11(2)5-4-6-12(14)7-8-15/h4-6H,3,7-10,15H2,1-2H3,(H,16,17). The molecule has 0 aliphatic heterocycles. The summed E-state index contributed by atoms with van der Waals surface area (Å²) in [5.41, 5.74) is 7.65. The number of benzene rings is 1. The van der Waals surface area contributed by atoms with Crippen molar-refractivity contribution in [1.29, 1.82) is 0 Å². The molecule has 0 spiro atoms. The molecule has 1 aromatic carbocycles. The van der Waals surface area contributed by atoms with E-state index in [1.807, 2.05) is 32.0 Å². The van der Waals surface area contributed by atoms with E-state index < -0.39 is 0 Å². The Kier molecular flexibility index (Phi) is 6.22. The van der Waals surface area contributed by atoms with Gasteiger partial charge in [-0.3, -0.25) is 4.79 Å². The highest BCUT2D eigenvalue weighted by molar-refractivity contribution is 5.77. The highest BCUT2D eigenvalue weighted by atomic mass is 16.5. The van der Waals surface area contributed by atoms with Crippen molar-refractivity contribution in [1.82, 2.24) is 5.32 Å². The lowest BCUT2D eigenvalue weighted by atomic mass is 10.1. The molecule has 0 aromatic heterocycles. The first-order valence-corrected chi connectivity index (χ1v) is 6.37. The summed E-state index contributed by atoms with van der Waals surface area (Å²) in [4.78, 5) is 11.5. The number of carbonyl (C=O) groups excluding carboxylic acids is 1. The van der Waals surface area contributed by atoms with Crippen LogP contribution in [0.15, 0.2) is 18.2 Å². The second-order valence-electron chi connectivity index (χ2n) is 4.24. The number of nitrogens with one attached hydrogen (secondary N) is 1. The van der Waals surface area contributed by atoms with Crippen LogP contribution in [0.4, 0.5) is 0 Å². The van der Waals surface area contributed by atoms with E-state index in [4.69, 9.17) is 10.5 Å². The lowest BCUT2D eigenvalue weighted by Crippen LogP contribution is -2.29. The van der Waals surface area contributed by atoms with Crippen molar-refractivity contribution in [2.45, 2.75) is 26.7 Å². The lowest BCUT2D eigenvalue weighted by molar-refractivity contribution is -0.123. The average molecular weight is 250 g/mol. The number of carbonyl (C=O) groups is 1. The molecule has 0 radical (unpaired) electrons. The minimum atomic E-state index is -0.0844. The summed E-state index contributed by atoms with van der Waals surface area (Å²) in [6, 6.07) is 5.93. The van der Waals surface area contributed by atoms with Gasteiger partial charge in [-0.2, -0.15) is 0 Å². The van der Waals surface area contributed by atoms with Gasteiger partial charge in [-0.15, -0.1) is 0 Å². The van der Waals surface area contributed by atoms with Crippen LogP contribution in [0.2, 0.25) is 0 Å². The summed E-state index contributed by atoms with van der Waals surface area (Å²) in [6.07, 6.45) is 1.68. The van der Waals surface area contributed by atoms with Gasteiger partial charge in [-0.1, -0.05) is 25.1 Å². The Morgan fingerprint density at radius 1 is 1.44 bits per heavy atom. The van der Waals surface area contributed by atoms with Crippen molar-refractivity contribution in [3.05, 3.63) is 29.3 Å². The maximum absolute atomic E-state index is 11.5. The first-order valence-electron chi connectivity index (χ1n) is 6.37. The molecule has 0 bridgehead atoms. The highest BCUT2D eigenvalue weighted by Gasteiger charge is 2.08. The van der Waals surface area contributed by atoms with Crippen molar-refractivity contribution in [3.8, 4) is 5.75 Å². The third-order valence-electron chi connectivity index (χ3n) is 2.63. The van der Waals surface area contributed by atoms with Crippen LogP contribution in [-0.2, 0) is 11.2 Å². The van der Waals surface area contributed by atoms with Gasteiger partial charge >= 0.3 is 0 Å². The van der Waals surface area contributed by atoms with Gasteiger partial charge in [-0.05, 0) is 37.4 Å². The number of para-hydroxylation sites is 1. The van der Waals surface area contributed by atoms with Crippen LogP contribution < -0.4 is 15.8 Å².